The van der Waals surface area contributed by atoms with Gasteiger partial charge in [0.2, 0.25) is 0 Å². The van der Waals surface area contributed by atoms with E-state index < -0.39 is 0 Å². The zero-order chi connectivity index (χ0) is 15.8. The number of nitrogens with zero attached hydrogens (tertiary/aromatic N) is 1. The van der Waals surface area contributed by atoms with E-state index in [0.717, 1.165) is 12.0 Å². The molecule has 0 atom stereocenters. The molecule has 0 aliphatic heterocycles. The van der Waals surface area contributed by atoms with Gasteiger partial charge in [-0.3, -0.25) is 9.79 Å². The first-order valence-electron chi connectivity index (χ1n) is 8.06. The Morgan fingerprint density at radius 1 is 1.32 bits per heavy atom. The van der Waals surface area contributed by atoms with Gasteiger partial charge in [-0.25, -0.2) is 0 Å². The molecule has 0 aromatic heterocycles. The highest BCUT2D eigenvalue weighted by Gasteiger charge is 2.13. The Bertz CT molecular complexity index is 521. The van der Waals surface area contributed by atoms with Crippen molar-refractivity contribution in [3.63, 3.8) is 0 Å². The number of benzene rings is 1. The third-order valence-electron chi connectivity index (χ3n) is 4.06. The lowest BCUT2D eigenvalue weighted by Crippen LogP contribution is -2.41. The third-order valence-corrected chi connectivity index (χ3v) is 4.06. The van der Waals surface area contributed by atoms with Crippen LogP contribution < -0.4 is 16.4 Å². The first-order valence-corrected chi connectivity index (χ1v) is 8.06. The molecule has 5 nitrogen and oxygen atoms in total. The van der Waals surface area contributed by atoms with Crippen LogP contribution in [0.15, 0.2) is 29.3 Å². The Balaban J connectivity index is 1.81. The van der Waals surface area contributed by atoms with Gasteiger partial charge < -0.3 is 16.4 Å². The van der Waals surface area contributed by atoms with Crippen LogP contribution in [0.1, 0.15) is 48.0 Å². The van der Waals surface area contributed by atoms with Crippen molar-refractivity contribution in [3.8, 4) is 0 Å². The number of guanidine groups is 1. The van der Waals surface area contributed by atoms with Crippen LogP contribution in [0, 0.1) is 0 Å². The van der Waals surface area contributed by atoms with Crippen LogP contribution in [0.4, 0.5) is 0 Å². The smallest absolute Gasteiger partial charge is 0.251 e. The summed E-state index contributed by atoms with van der Waals surface area (Å²) in [7, 11) is 1.64. The molecule has 2 rings (SSSR count). The SMILES string of the molecule is CNC(=O)c1cccc(CCN=C(N)NC2CCCCC2)c1. The highest BCUT2D eigenvalue weighted by Crippen LogP contribution is 2.17. The van der Waals surface area contributed by atoms with E-state index in [9.17, 15) is 4.79 Å². The van der Waals surface area contributed by atoms with E-state index in [-0.39, 0.29) is 5.91 Å². The maximum absolute atomic E-state index is 11.6. The molecule has 0 heterocycles. The van der Waals surface area contributed by atoms with Gasteiger partial charge in [0.15, 0.2) is 5.96 Å². The summed E-state index contributed by atoms with van der Waals surface area (Å²) in [6.07, 6.45) is 7.03. The number of amides is 1. The van der Waals surface area contributed by atoms with Gasteiger partial charge >= 0.3 is 0 Å². The first kappa shape index (κ1) is 16.3. The van der Waals surface area contributed by atoms with Gasteiger partial charge in [-0.2, -0.15) is 0 Å². The molecule has 0 radical (unpaired) electrons. The van der Waals surface area contributed by atoms with Crippen molar-refractivity contribution in [1.82, 2.24) is 10.6 Å². The van der Waals surface area contributed by atoms with Crippen LogP contribution in [0.25, 0.3) is 0 Å². The van der Waals surface area contributed by atoms with Gasteiger partial charge in [0.05, 0.1) is 0 Å². The van der Waals surface area contributed by atoms with Crippen molar-refractivity contribution in [2.24, 2.45) is 10.7 Å². The van der Waals surface area contributed by atoms with Gasteiger partial charge in [0.1, 0.15) is 0 Å². The van der Waals surface area contributed by atoms with E-state index in [1.807, 2.05) is 24.3 Å². The van der Waals surface area contributed by atoms with Gasteiger partial charge in [-0.05, 0) is 37.0 Å². The lowest BCUT2D eigenvalue weighted by Gasteiger charge is -2.23. The summed E-state index contributed by atoms with van der Waals surface area (Å²) in [4.78, 5) is 16.0. The maximum atomic E-state index is 11.6. The normalized spacial score (nSPS) is 16.3. The molecule has 1 aliphatic rings. The largest absolute Gasteiger partial charge is 0.370 e. The fraction of sp³-hybridized carbons (Fsp3) is 0.529. The summed E-state index contributed by atoms with van der Waals surface area (Å²) in [5, 5.41) is 5.94. The zero-order valence-electron chi connectivity index (χ0n) is 13.3. The van der Waals surface area contributed by atoms with Crippen LogP contribution in [0.2, 0.25) is 0 Å². The molecular weight excluding hydrogens is 276 g/mol. The average Bonchev–Trinajstić information content (AvgIpc) is 2.55. The van der Waals surface area contributed by atoms with Crippen molar-refractivity contribution in [2.45, 2.75) is 44.6 Å². The van der Waals surface area contributed by atoms with E-state index in [1.165, 1.54) is 32.1 Å². The fourth-order valence-electron chi connectivity index (χ4n) is 2.82. The van der Waals surface area contributed by atoms with E-state index in [0.29, 0.717) is 24.1 Å². The third kappa shape index (κ3) is 5.06. The summed E-state index contributed by atoms with van der Waals surface area (Å²) < 4.78 is 0. The minimum absolute atomic E-state index is 0.0659. The number of aliphatic imine (C=N–C) groups is 1. The minimum Gasteiger partial charge on any atom is -0.370 e. The quantitative estimate of drug-likeness (QED) is 0.573. The summed E-state index contributed by atoms with van der Waals surface area (Å²) in [5.41, 5.74) is 7.71. The topological polar surface area (TPSA) is 79.5 Å². The molecule has 1 amide bonds. The van der Waals surface area contributed by atoms with Crippen LogP contribution in [-0.4, -0.2) is 31.5 Å². The van der Waals surface area contributed by atoms with E-state index in [2.05, 4.69) is 15.6 Å². The molecule has 22 heavy (non-hydrogen) atoms. The summed E-state index contributed by atoms with van der Waals surface area (Å²) in [6, 6.07) is 8.10. The second kappa shape index (κ2) is 8.41. The molecule has 1 aromatic rings. The average molecular weight is 302 g/mol. The Kier molecular flexibility index (Phi) is 6.25. The number of nitrogens with one attached hydrogen (secondary N) is 2. The van der Waals surface area contributed by atoms with Crippen LogP contribution >= 0.6 is 0 Å². The molecule has 0 bridgehead atoms. The summed E-state index contributed by atoms with van der Waals surface area (Å²) in [6.45, 7) is 0.628. The standard InChI is InChI=1S/C17H26N4O/c1-19-16(22)14-7-5-6-13(12-14)10-11-20-17(18)21-15-8-3-2-4-9-15/h5-7,12,15H,2-4,8-11H2,1H3,(H,19,22)(H3,18,20,21). The maximum Gasteiger partial charge on any atom is 0.251 e. The van der Waals surface area contributed by atoms with Crippen molar-refractivity contribution in [2.75, 3.05) is 13.6 Å². The number of rotatable bonds is 5. The monoisotopic (exact) mass is 302 g/mol. The zero-order valence-corrected chi connectivity index (χ0v) is 13.3. The minimum atomic E-state index is -0.0659. The van der Waals surface area contributed by atoms with E-state index in [1.54, 1.807) is 7.05 Å². The highest BCUT2D eigenvalue weighted by atomic mass is 16.1. The Labute approximate surface area is 132 Å². The second-order valence-corrected chi connectivity index (χ2v) is 5.78. The summed E-state index contributed by atoms with van der Waals surface area (Å²) >= 11 is 0. The molecule has 4 N–H and O–H groups in total. The predicted molar refractivity (Wildman–Crippen MR) is 90.0 cm³/mol. The predicted octanol–water partition coefficient (Wildman–Crippen LogP) is 1.83. The van der Waals surface area contributed by atoms with E-state index in [4.69, 9.17) is 5.73 Å². The van der Waals surface area contributed by atoms with E-state index >= 15 is 0 Å². The van der Waals surface area contributed by atoms with Gasteiger partial charge in [-0.1, -0.05) is 31.4 Å². The molecule has 1 aliphatic carbocycles. The fourth-order valence-corrected chi connectivity index (χ4v) is 2.82. The molecule has 1 saturated carbocycles. The number of carbonyl (C=O) groups is 1. The number of hydrogen-bond donors (Lipinski definition) is 3. The van der Waals surface area contributed by atoms with Gasteiger partial charge in [0.25, 0.3) is 5.91 Å². The van der Waals surface area contributed by atoms with Crippen LogP contribution in [0.5, 0.6) is 0 Å². The second-order valence-electron chi connectivity index (χ2n) is 5.78. The lowest BCUT2D eigenvalue weighted by molar-refractivity contribution is 0.0963. The van der Waals surface area contributed by atoms with Crippen molar-refractivity contribution in [3.05, 3.63) is 35.4 Å². The van der Waals surface area contributed by atoms with Crippen LogP contribution in [-0.2, 0) is 6.42 Å². The van der Waals surface area contributed by atoms with Gasteiger partial charge in [0, 0.05) is 25.2 Å². The molecular formula is C17H26N4O. The first-order chi connectivity index (χ1) is 10.7. The van der Waals surface area contributed by atoms with Crippen molar-refractivity contribution < 1.29 is 4.79 Å². The van der Waals surface area contributed by atoms with Crippen LogP contribution in [0.3, 0.4) is 0 Å². The Hall–Kier alpha value is -2.04. The summed E-state index contributed by atoms with van der Waals surface area (Å²) in [5.74, 6) is 0.471. The number of nitrogens with two attached hydrogens (primary N) is 1. The highest BCUT2D eigenvalue weighted by molar-refractivity contribution is 5.94. The Morgan fingerprint density at radius 2 is 2.09 bits per heavy atom. The molecule has 0 spiro atoms. The molecule has 1 fully saturated rings. The van der Waals surface area contributed by atoms with Crippen molar-refractivity contribution >= 4 is 11.9 Å². The number of carbonyl (C=O) groups excluding carboxylic acids is 1. The molecule has 0 saturated heterocycles. The molecule has 1 aromatic carbocycles. The van der Waals surface area contributed by atoms with Crippen molar-refractivity contribution in [1.29, 1.82) is 0 Å². The Morgan fingerprint density at radius 3 is 2.82 bits per heavy atom. The lowest BCUT2D eigenvalue weighted by atomic mass is 9.96. The molecule has 5 heteroatoms. The molecule has 120 valence electrons. The van der Waals surface area contributed by atoms with Gasteiger partial charge in [-0.15, -0.1) is 0 Å². The number of hydrogen-bond acceptors (Lipinski definition) is 2. The molecule has 0 unspecified atom stereocenters.